The average Bonchev–Trinajstić information content (AvgIpc) is 2.64. The van der Waals surface area contributed by atoms with Crippen molar-refractivity contribution in [2.24, 2.45) is 0 Å². The Hall–Kier alpha value is -1.99. The number of nitrogens with one attached hydrogen (secondary N) is 1. The summed E-state index contributed by atoms with van der Waals surface area (Å²) in [5.41, 5.74) is 2.78. The molecule has 0 unspecified atom stereocenters. The van der Waals surface area contributed by atoms with Crippen LogP contribution in [-0.4, -0.2) is 31.5 Å². The van der Waals surface area contributed by atoms with Gasteiger partial charge in [0.2, 0.25) is 10.0 Å². The highest BCUT2D eigenvalue weighted by Gasteiger charge is 2.19. The lowest BCUT2D eigenvalue weighted by atomic mass is 10.1. The molecule has 2 aromatic rings. The monoisotopic (exact) mass is 374 g/mol. The number of aromatic nitrogens is 2. The number of sulfonamides is 1. The molecule has 1 aromatic heterocycles. The molecule has 140 valence electrons. The van der Waals surface area contributed by atoms with Crippen LogP contribution in [0.15, 0.2) is 29.3 Å². The first-order chi connectivity index (χ1) is 12.4. The highest BCUT2D eigenvalue weighted by Crippen LogP contribution is 2.20. The number of rotatable bonds is 5. The van der Waals surface area contributed by atoms with Gasteiger partial charge in [0.05, 0.1) is 11.4 Å². The third-order valence-electron chi connectivity index (χ3n) is 4.87. The fourth-order valence-electron chi connectivity index (χ4n) is 3.23. The average molecular weight is 375 g/mol. The fourth-order valence-corrected chi connectivity index (χ4v) is 4.52. The molecule has 2 heterocycles. The maximum atomic E-state index is 12.7. The minimum atomic E-state index is -3.61. The van der Waals surface area contributed by atoms with Gasteiger partial charge in [0.1, 0.15) is 11.6 Å². The van der Waals surface area contributed by atoms with Crippen molar-refractivity contribution in [3.8, 4) is 0 Å². The van der Waals surface area contributed by atoms with Crippen LogP contribution in [0.25, 0.3) is 0 Å². The van der Waals surface area contributed by atoms with Crippen molar-refractivity contribution < 1.29 is 8.42 Å². The molecule has 0 aliphatic carbocycles. The van der Waals surface area contributed by atoms with E-state index in [0.29, 0.717) is 10.7 Å². The second kappa shape index (κ2) is 7.72. The topological polar surface area (TPSA) is 75.2 Å². The van der Waals surface area contributed by atoms with Crippen LogP contribution in [0.4, 0.5) is 5.82 Å². The minimum absolute atomic E-state index is 0.0797. The summed E-state index contributed by atoms with van der Waals surface area (Å²) < 4.78 is 28.0. The summed E-state index contributed by atoms with van der Waals surface area (Å²) >= 11 is 0. The van der Waals surface area contributed by atoms with Gasteiger partial charge in [-0.2, -0.15) is 0 Å². The van der Waals surface area contributed by atoms with Crippen molar-refractivity contribution in [2.75, 3.05) is 18.0 Å². The van der Waals surface area contributed by atoms with E-state index in [2.05, 4.69) is 19.6 Å². The Kier molecular flexibility index (Phi) is 5.58. The van der Waals surface area contributed by atoms with Crippen molar-refractivity contribution in [2.45, 2.75) is 51.5 Å². The van der Waals surface area contributed by atoms with Crippen LogP contribution in [0.1, 0.15) is 41.8 Å². The smallest absolute Gasteiger partial charge is 0.241 e. The van der Waals surface area contributed by atoms with Gasteiger partial charge in [-0.3, -0.25) is 0 Å². The highest BCUT2D eigenvalue weighted by atomic mass is 32.2. The Bertz CT molecular complexity index is 890. The molecule has 1 fully saturated rings. The van der Waals surface area contributed by atoms with Gasteiger partial charge in [-0.25, -0.2) is 23.1 Å². The zero-order chi connectivity index (χ0) is 18.7. The zero-order valence-corrected chi connectivity index (χ0v) is 16.4. The Morgan fingerprint density at radius 3 is 2.46 bits per heavy atom. The number of nitrogens with zero attached hydrogens (tertiary/aromatic N) is 3. The van der Waals surface area contributed by atoms with E-state index >= 15 is 0 Å². The van der Waals surface area contributed by atoms with E-state index in [1.165, 1.54) is 6.42 Å². The van der Waals surface area contributed by atoms with Crippen molar-refractivity contribution >= 4 is 15.8 Å². The largest absolute Gasteiger partial charge is 0.357 e. The van der Waals surface area contributed by atoms with Crippen LogP contribution in [0.2, 0.25) is 0 Å². The normalized spacial score (nSPS) is 15.3. The molecule has 1 aliphatic rings. The van der Waals surface area contributed by atoms with E-state index in [4.69, 9.17) is 0 Å². The molecule has 26 heavy (non-hydrogen) atoms. The summed E-state index contributed by atoms with van der Waals surface area (Å²) in [4.78, 5) is 11.3. The van der Waals surface area contributed by atoms with Gasteiger partial charge in [-0.15, -0.1) is 0 Å². The van der Waals surface area contributed by atoms with E-state index < -0.39 is 10.0 Å². The molecule has 1 saturated heterocycles. The molecule has 0 bridgehead atoms. The predicted molar refractivity (Wildman–Crippen MR) is 103 cm³/mol. The molecule has 6 nitrogen and oxygen atoms in total. The summed E-state index contributed by atoms with van der Waals surface area (Å²) in [7, 11) is -3.61. The molecule has 1 N–H and O–H groups in total. The summed E-state index contributed by atoms with van der Waals surface area (Å²) in [5, 5.41) is 0. The maximum Gasteiger partial charge on any atom is 0.241 e. The van der Waals surface area contributed by atoms with Crippen LogP contribution in [-0.2, 0) is 16.6 Å². The number of anilines is 1. The van der Waals surface area contributed by atoms with Gasteiger partial charge >= 0.3 is 0 Å². The highest BCUT2D eigenvalue weighted by molar-refractivity contribution is 7.89. The number of hydrogen-bond donors (Lipinski definition) is 1. The second-order valence-corrected chi connectivity index (χ2v) is 8.64. The Balaban J connectivity index is 1.75. The first kappa shape index (κ1) is 18.8. The fraction of sp³-hybridized carbons (Fsp3) is 0.474. The molecule has 3 rings (SSSR count). The summed E-state index contributed by atoms with van der Waals surface area (Å²) in [5.74, 6) is 1.36. The lowest BCUT2D eigenvalue weighted by Gasteiger charge is -2.27. The quantitative estimate of drug-likeness (QED) is 0.871. The van der Waals surface area contributed by atoms with E-state index in [9.17, 15) is 8.42 Å². The van der Waals surface area contributed by atoms with Crippen LogP contribution >= 0.6 is 0 Å². The van der Waals surface area contributed by atoms with E-state index in [1.807, 2.05) is 32.9 Å². The van der Waals surface area contributed by atoms with Crippen LogP contribution in [0, 0.1) is 20.8 Å². The van der Waals surface area contributed by atoms with Crippen LogP contribution < -0.4 is 9.62 Å². The van der Waals surface area contributed by atoms with Crippen LogP contribution in [0.3, 0.4) is 0 Å². The van der Waals surface area contributed by atoms with Gasteiger partial charge in [0.15, 0.2) is 0 Å². The predicted octanol–water partition coefficient (Wildman–Crippen LogP) is 2.87. The van der Waals surface area contributed by atoms with Gasteiger partial charge < -0.3 is 4.90 Å². The maximum absolute atomic E-state index is 12.7. The SMILES string of the molecule is Cc1cc(C)c(S(=O)(=O)NCc2nccc(N3CCCCC3)n2)cc1C. The summed E-state index contributed by atoms with van der Waals surface area (Å²) in [6.45, 7) is 7.77. The third-order valence-corrected chi connectivity index (χ3v) is 6.42. The molecule has 1 aromatic carbocycles. The summed E-state index contributed by atoms with van der Waals surface area (Å²) in [6.07, 6.45) is 5.28. The second-order valence-electron chi connectivity index (χ2n) is 6.91. The minimum Gasteiger partial charge on any atom is -0.357 e. The Morgan fingerprint density at radius 1 is 1.04 bits per heavy atom. The van der Waals surface area contributed by atoms with E-state index in [0.717, 1.165) is 48.4 Å². The molecule has 0 amide bonds. The molecular weight excluding hydrogens is 348 g/mol. The van der Waals surface area contributed by atoms with Crippen LogP contribution in [0.5, 0.6) is 0 Å². The third kappa shape index (κ3) is 4.22. The molecule has 7 heteroatoms. The Labute approximate surface area is 155 Å². The van der Waals surface area contributed by atoms with Crippen molar-refractivity contribution in [1.82, 2.24) is 14.7 Å². The molecule has 0 radical (unpaired) electrons. The first-order valence-electron chi connectivity index (χ1n) is 9.01. The number of piperidine rings is 1. The molecule has 0 atom stereocenters. The van der Waals surface area contributed by atoms with Gasteiger partial charge in [-0.1, -0.05) is 6.07 Å². The van der Waals surface area contributed by atoms with E-state index in [1.54, 1.807) is 12.3 Å². The zero-order valence-electron chi connectivity index (χ0n) is 15.6. The number of aryl methyl sites for hydroxylation is 3. The summed E-state index contributed by atoms with van der Waals surface area (Å²) in [6, 6.07) is 5.51. The number of hydrogen-bond acceptors (Lipinski definition) is 5. The van der Waals surface area contributed by atoms with Crippen molar-refractivity contribution in [1.29, 1.82) is 0 Å². The molecule has 1 aliphatic heterocycles. The standard InChI is InChI=1S/C19H26N4O2S/c1-14-11-16(3)17(12-15(14)2)26(24,25)21-13-18-20-8-7-19(22-18)23-9-5-4-6-10-23/h7-8,11-12,21H,4-6,9-10,13H2,1-3H3. The van der Waals surface area contributed by atoms with E-state index in [-0.39, 0.29) is 6.54 Å². The molecular formula is C19H26N4O2S. The first-order valence-corrected chi connectivity index (χ1v) is 10.5. The lowest BCUT2D eigenvalue weighted by molar-refractivity contribution is 0.569. The van der Waals surface area contributed by atoms with Crippen molar-refractivity contribution in [3.63, 3.8) is 0 Å². The number of benzene rings is 1. The lowest BCUT2D eigenvalue weighted by Crippen LogP contribution is -2.31. The molecule has 0 spiro atoms. The molecule has 0 saturated carbocycles. The Morgan fingerprint density at radius 2 is 1.73 bits per heavy atom. The van der Waals surface area contributed by atoms with Gasteiger partial charge in [0.25, 0.3) is 0 Å². The van der Waals surface area contributed by atoms with Gasteiger partial charge in [0, 0.05) is 19.3 Å². The van der Waals surface area contributed by atoms with Crippen molar-refractivity contribution in [3.05, 3.63) is 46.9 Å². The van der Waals surface area contributed by atoms with Gasteiger partial charge in [-0.05, 0) is 68.9 Å².